The highest BCUT2D eigenvalue weighted by molar-refractivity contribution is 7.91. The third-order valence-electron chi connectivity index (χ3n) is 4.06. The first-order valence-corrected chi connectivity index (χ1v) is 9.63. The lowest BCUT2D eigenvalue weighted by molar-refractivity contribution is 0.443. The quantitative estimate of drug-likeness (QED) is 0.793. The fraction of sp³-hybridized carbons (Fsp3) is 0.188. The molecule has 1 N–H and O–H groups in total. The first kappa shape index (κ1) is 14.6. The summed E-state index contributed by atoms with van der Waals surface area (Å²) in [6, 6.07) is 7.37. The van der Waals surface area contributed by atoms with Crippen LogP contribution in [-0.2, 0) is 10.0 Å². The molecule has 0 saturated heterocycles. The highest BCUT2D eigenvalue weighted by Gasteiger charge is 2.27. The van der Waals surface area contributed by atoms with E-state index in [1.54, 1.807) is 23.7 Å². The van der Waals surface area contributed by atoms with Crippen LogP contribution in [0.25, 0.3) is 16.6 Å². The van der Waals surface area contributed by atoms with Gasteiger partial charge in [-0.3, -0.25) is 0 Å². The van der Waals surface area contributed by atoms with Crippen LogP contribution in [0.5, 0.6) is 0 Å². The Balaban J connectivity index is 1.63. The van der Waals surface area contributed by atoms with Crippen molar-refractivity contribution in [1.29, 1.82) is 0 Å². The summed E-state index contributed by atoms with van der Waals surface area (Å²) >= 11 is 1.26. The van der Waals surface area contributed by atoms with Crippen LogP contribution < -0.4 is 0 Å². The van der Waals surface area contributed by atoms with Gasteiger partial charge in [-0.15, -0.1) is 11.3 Å². The van der Waals surface area contributed by atoms with Gasteiger partial charge >= 0.3 is 0 Å². The summed E-state index contributed by atoms with van der Waals surface area (Å²) < 4.78 is 27.0. The molecular formula is C16H15N3O2S2. The van der Waals surface area contributed by atoms with Gasteiger partial charge in [0.15, 0.2) is 0 Å². The highest BCUT2D eigenvalue weighted by atomic mass is 32.2. The van der Waals surface area contributed by atoms with Crippen LogP contribution in [-0.4, -0.2) is 35.8 Å². The molecule has 0 aromatic carbocycles. The Labute approximate surface area is 138 Å². The molecule has 0 unspecified atom stereocenters. The predicted molar refractivity (Wildman–Crippen MR) is 91.8 cm³/mol. The number of fused-ring (bicyclic) bond motifs is 1. The minimum Gasteiger partial charge on any atom is -0.346 e. The molecular weight excluding hydrogens is 330 g/mol. The molecule has 3 aromatic heterocycles. The zero-order valence-corrected chi connectivity index (χ0v) is 13.9. The largest absolute Gasteiger partial charge is 0.346 e. The number of nitrogens with zero attached hydrogens (tertiary/aromatic N) is 2. The molecule has 0 amide bonds. The van der Waals surface area contributed by atoms with E-state index in [4.69, 9.17) is 0 Å². The lowest BCUT2D eigenvalue weighted by Gasteiger charge is -2.25. The van der Waals surface area contributed by atoms with Gasteiger partial charge in [-0.2, -0.15) is 4.31 Å². The van der Waals surface area contributed by atoms with Gasteiger partial charge in [0.1, 0.15) is 9.86 Å². The fourth-order valence-electron chi connectivity index (χ4n) is 2.87. The molecule has 7 heteroatoms. The molecule has 0 spiro atoms. The van der Waals surface area contributed by atoms with Crippen molar-refractivity contribution in [2.45, 2.75) is 10.6 Å². The number of hydrogen-bond acceptors (Lipinski definition) is 4. The number of rotatable bonds is 3. The van der Waals surface area contributed by atoms with Crippen LogP contribution in [0.3, 0.4) is 0 Å². The molecule has 4 rings (SSSR count). The van der Waals surface area contributed by atoms with E-state index in [0.29, 0.717) is 23.7 Å². The van der Waals surface area contributed by atoms with Gasteiger partial charge in [0.2, 0.25) is 0 Å². The molecule has 1 aliphatic rings. The molecule has 1 aliphatic heterocycles. The molecule has 0 radical (unpaired) electrons. The first-order chi connectivity index (χ1) is 11.2. The lowest BCUT2D eigenvalue weighted by Crippen LogP contribution is -2.34. The molecule has 0 atom stereocenters. The normalized spacial score (nSPS) is 16.6. The Hall–Kier alpha value is -1.96. The number of H-pyrrole nitrogens is 1. The fourth-order valence-corrected chi connectivity index (χ4v) is 5.40. The van der Waals surface area contributed by atoms with E-state index in [9.17, 15) is 8.42 Å². The van der Waals surface area contributed by atoms with Gasteiger partial charge in [0, 0.05) is 36.4 Å². The maximum Gasteiger partial charge on any atom is 0.252 e. The van der Waals surface area contributed by atoms with Crippen LogP contribution in [0, 0.1) is 0 Å². The molecule has 0 aliphatic carbocycles. The minimum atomic E-state index is -3.37. The second kappa shape index (κ2) is 5.59. The van der Waals surface area contributed by atoms with Crippen LogP contribution in [0.15, 0.2) is 52.3 Å². The second-order valence-corrected chi connectivity index (χ2v) is 8.49. The number of sulfonamides is 1. The van der Waals surface area contributed by atoms with Gasteiger partial charge in [-0.05, 0) is 35.6 Å². The number of hydrogen-bond donors (Lipinski definition) is 1. The van der Waals surface area contributed by atoms with E-state index >= 15 is 0 Å². The number of thiophene rings is 1. The average Bonchev–Trinajstić information content (AvgIpc) is 3.25. The van der Waals surface area contributed by atoms with Gasteiger partial charge in [0.05, 0.1) is 0 Å². The number of aromatic amines is 1. The summed E-state index contributed by atoms with van der Waals surface area (Å²) in [5, 5.41) is 2.87. The van der Waals surface area contributed by atoms with E-state index < -0.39 is 10.0 Å². The lowest BCUT2D eigenvalue weighted by atomic mass is 10.0. The van der Waals surface area contributed by atoms with Crippen molar-refractivity contribution in [2.75, 3.05) is 13.1 Å². The average molecular weight is 345 g/mol. The standard InChI is InChI=1S/C16H15N3O2S2/c20-23(21,15-4-2-10-22-15)19-8-5-12(6-9-19)14-11-18-16-13(14)3-1-7-17-16/h1-5,7,10-11H,6,8-9H2,(H,17,18). The maximum atomic E-state index is 12.5. The third-order valence-corrected chi connectivity index (χ3v) is 7.30. The Morgan fingerprint density at radius 1 is 1.26 bits per heavy atom. The maximum absolute atomic E-state index is 12.5. The van der Waals surface area contributed by atoms with Crippen molar-refractivity contribution in [3.8, 4) is 0 Å². The number of aromatic nitrogens is 2. The van der Waals surface area contributed by atoms with E-state index in [-0.39, 0.29) is 0 Å². The van der Waals surface area contributed by atoms with Gasteiger partial charge in [0.25, 0.3) is 10.0 Å². The summed E-state index contributed by atoms with van der Waals surface area (Å²) in [6.45, 7) is 0.904. The second-order valence-electron chi connectivity index (χ2n) is 5.38. The third kappa shape index (κ3) is 2.50. The van der Waals surface area contributed by atoms with E-state index in [1.165, 1.54) is 21.2 Å². The molecule has 118 valence electrons. The van der Waals surface area contributed by atoms with Crippen LogP contribution in [0.2, 0.25) is 0 Å². The van der Waals surface area contributed by atoms with Crippen molar-refractivity contribution < 1.29 is 8.42 Å². The van der Waals surface area contributed by atoms with Crippen molar-refractivity contribution >= 4 is 38.0 Å². The van der Waals surface area contributed by atoms with Crippen LogP contribution in [0.1, 0.15) is 12.0 Å². The Morgan fingerprint density at radius 2 is 2.17 bits per heavy atom. The van der Waals surface area contributed by atoms with Crippen LogP contribution in [0.4, 0.5) is 0 Å². The molecule has 5 nitrogen and oxygen atoms in total. The SMILES string of the molecule is O=S(=O)(c1cccs1)N1CC=C(c2c[nH]c3ncccc23)CC1. The molecule has 0 saturated carbocycles. The van der Waals surface area contributed by atoms with Crippen molar-refractivity contribution in [3.63, 3.8) is 0 Å². The van der Waals surface area contributed by atoms with Crippen molar-refractivity contribution in [2.24, 2.45) is 0 Å². The monoisotopic (exact) mass is 345 g/mol. The zero-order valence-electron chi connectivity index (χ0n) is 12.3. The van der Waals surface area contributed by atoms with Crippen molar-refractivity contribution in [1.82, 2.24) is 14.3 Å². The number of nitrogens with one attached hydrogen (secondary N) is 1. The molecule has 23 heavy (non-hydrogen) atoms. The van der Waals surface area contributed by atoms with Gasteiger partial charge in [-0.25, -0.2) is 13.4 Å². The Bertz CT molecular complexity index is 972. The topological polar surface area (TPSA) is 66.1 Å². The summed E-state index contributed by atoms with van der Waals surface area (Å²) in [7, 11) is -3.37. The Kier molecular flexibility index (Phi) is 3.56. The Morgan fingerprint density at radius 3 is 2.91 bits per heavy atom. The highest BCUT2D eigenvalue weighted by Crippen LogP contribution is 2.30. The summed E-state index contributed by atoms with van der Waals surface area (Å²) in [5.41, 5.74) is 3.14. The summed E-state index contributed by atoms with van der Waals surface area (Å²) in [5.74, 6) is 0. The van der Waals surface area contributed by atoms with E-state index in [2.05, 4.69) is 9.97 Å². The van der Waals surface area contributed by atoms with Gasteiger partial charge < -0.3 is 4.98 Å². The smallest absolute Gasteiger partial charge is 0.252 e. The number of pyridine rings is 1. The van der Waals surface area contributed by atoms with Gasteiger partial charge in [-0.1, -0.05) is 12.1 Å². The molecule has 0 bridgehead atoms. The zero-order chi connectivity index (χ0) is 15.9. The van der Waals surface area contributed by atoms with E-state index in [0.717, 1.165) is 16.6 Å². The van der Waals surface area contributed by atoms with Crippen LogP contribution >= 0.6 is 11.3 Å². The minimum absolute atomic E-state index is 0.405. The molecule has 0 fully saturated rings. The molecule has 3 aromatic rings. The predicted octanol–water partition coefficient (Wildman–Crippen LogP) is 3.10. The van der Waals surface area contributed by atoms with E-state index in [1.807, 2.05) is 24.4 Å². The molecule has 4 heterocycles. The summed E-state index contributed by atoms with van der Waals surface area (Å²) in [6.07, 6.45) is 6.41. The van der Waals surface area contributed by atoms with Crippen molar-refractivity contribution in [3.05, 3.63) is 53.7 Å². The first-order valence-electron chi connectivity index (χ1n) is 7.31. The summed E-state index contributed by atoms with van der Waals surface area (Å²) in [4.78, 5) is 7.46.